The van der Waals surface area contributed by atoms with Crippen LogP contribution in [0.3, 0.4) is 0 Å². The molecule has 94 valence electrons. The van der Waals surface area contributed by atoms with Gasteiger partial charge in [-0.25, -0.2) is 4.57 Å². The first-order valence-corrected chi connectivity index (χ1v) is 6.47. The van der Waals surface area contributed by atoms with Gasteiger partial charge in [-0.05, 0) is 5.56 Å². The number of hydrogen-bond donors (Lipinski definition) is 0. The molecule has 0 aliphatic heterocycles. The first-order chi connectivity index (χ1) is 8.09. The number of carbonyl (C=O) groups is 1. The molecular formula is C11H15O5P. The summed E-state index contributed by atoms with van der Waals surface area (Å²) in [5, 5.41) is 0. The van der Waals surface area contributed by atoms with Gasteiger partial charge in [-0.3, -0.25) is 18.4 Å². The summed E-state index contributed by atoms with van der Waals surface area (Å²) in [5.41, 5.74) is 0.880. The standard InChI is InChI=1S/C11H15O5P/c1-14-17(13,15-2)16-9-11(12)8-10-6-4-3-5-7-10/h3-7H,8-9H2,1-2H3. The van der Waals surface area contributed by atoms with E-state index in [-0.39, 0.29) is 18.8 Å². The Morgan fingerprint density at radius 2 is 1.76 bits per heavy atom. The lowest BCUT2D eigenvalue weighted by atomic mass is 10.1. The van der Waals surface area contributed by atoms with Gasteiger partial charge in [-0.2, -0.15) is 0 Å². The molecule has 1 rings (SSSR count). The minimum absolute atomic E-state index is 0.189. The molecule has 0 aliphatic rings. The summed E-state index contributed by atoms with van der Waals surface area (Å²) < 4.78 is 25.4. The lowest BCUT2D eigenvalue weighted by molar-refractivity contribution is -0.120. The maximum atomic E-state index is 11.5. The fourth-order valence-corrected chi connectivity index (χ4v) is 1.87. The van der Waals surface area contributed by atoms with Gasteiger partial charge in [0.05, 0.1) is 0 Å². The van der Waals surface area contributed by atoms with Crippen LogP contribution < -0.4 is 0 Å². The molecule has 0 radical (unpaired) electrons. The first-order valence-electron chi connectivity index (χ1n) is 5.01. The third kappa shape index (κ3) is 4.79. The molecule has 0 saturated heterocycles. The summed E-state index contributed by atoms with van der Waals surface area (Å²) in [4.78, 5) is 11.5. The number of benzene rings is 1. The van der Waals surface area contributed by atoms with Gasteiger partial charge in [-0.1, -0.05) is 30.3 Å². The highest BCUT2D eigenvalue weighted by Gasteiger charge is 2.23. The molecule has 17 heavy (non-hydrogen) atoms. The zero-order chi connectivity index (χ0) is 12.7. The Labute approximate surface area is 100 Å². The summed E-state index contributed by atoms with van der Waals surface area (Å²) in [6, 6.07) is 9.24. The molecule has 0 atom stereocenters. The van der Waals surface area contributed by atoms with Crippen LogP contribution in [0, 0.1) is 0 Å². The number of Topliss-reactive ketones (excluding diaryl/α,β-unsaturated/α-hetero) is 1. The van der Waals surface area contributed by atoms with Gasteiger partial charge in [0.15, 0.2) is 5.78 Å². The van der Waals surface area contributed by atoms with Gasteiger partial charge in [-0.15, -0.1) is 0 Å². The monoisotopic (exact) mass is 258 g/mol. The minimum Gasteiger partial charge on any atom is -0.297 e. The van der Waals surface area contributed by atoms with Gasteiger partial charge in [0.25, 0.3) is 0 Å². The highest BCUT2D eigenvalue weighted by atomic mass is 31.2. The largest absolute Gasteiger partial charge is 0.474 e. The highest BCUT2D eigenvalue weighted by molar-refractivity contribution is 7.48. The van der Waals surface area contributed by atoms with Crippen molar-refractivity contribution in [3.05, 3.63) is 35.9 Å². The average Bonchev–Trinajstić information content (AvgIpc) is 2.37. The van der Waals surface area contributed by atoms with Gasteiger partial charge >= 0.3 is 7.82 Å². The fourth-order valence-electron chi connectivity index (χ4n) is 1.21. The minimum atomic E-state index is -3.56. The van der Waals surface area contributed by atoms with Gasteiger partial charge in [0.2, 0.25) is 0 Å². The topological polar surface area (TPSA) is 61.8 Å². The van der Waals surface area contributed by atoms with E-state index in [0.29, 0.717) is 0 Å². The third-order valence-electron chi connectivity index (χ3n) is 2.07. The number of carbonyl (C=O) groups excluding carboxylic acids is 1. The smallest absolute Gasteiger partial charge is 0.297 e. The van der Waals surface area contributed by atoms with Gasteiger partial charge in [0, 0.05) is 20.6 Å². The van der Waals surface area contributed by atoms with Crippen LogP contribution in [-0.4, -0.2) is 26.6 Å². The summed E-state index contributed by atoms with van der Waals surface area (Å²) in [7, 11) is -1.16. The number of rotatable bonds is 7. The van der Waals surface area contributed by atoms with Gasteiger partial charge < -0.3 is 0 Å². The first kappa shape index (κ1) is 14.1. The number of ketones is 1. The molecule has 0 saturated carbocycles. The molecule has 0 aromatic heterocycles. The summed E-state index contributed by atoms with van der Waals surface area (Å²) in [6.07, 6.45) is 0.230. The molecule has 0 bridgehead atoms. The van der Waals surface area contributed by atoms with Gasteiger partial charge in [0.1, 0.15) is 6.61 Å². The second-order valence-electron chi connectivity index (χ2n) is 3.29. The second-order valence-corrected chi connectivity index (χ2v) is 5.17. The number of hydrogen-bond acceptors (Lipinski definition) is 5. The van der Waals surface area contributed by atoms with Crippen molar-refractivity contribution < 1.29 is 22.9 Å². The molecule has 1 aromatic rings. The van der Waals surface area contributed by atoms with E-state index in [1.54, 1.807) is 0 Å². The van der Waals surface area contributed by atoms with E-state index in [0.717, 1.165) is 5.56 Å². The van der Waals surface area contributed by atoms with Crippen molar-refractivity contribution >= 4 is 13.6 Å². The molecular weight excluding hydrogens is 243 g/mol. The van der Waals surface area contributed by atoms with Crippen LogP contribution in [0.5, 0.6) is 0 Å². The number of phosphoric ester groups is 1. The van der Waals surface area contributed by atoms with Crippen LogP contribution in [0.1, 0.15) is 5.56 Å². The molecule has 0 amide bonds. The molecule has 5 nitrogen and oxygen atoms in total. The zero-order valence-corrected chi connectivity index (χ0v) is 10.7. The van der Waals surface area contributed by atoms with Crippen molar-refractivity contribution in [2.75, 3.05) is 20.8 Å². The van der Waals surface area contributed by atoms with E-state index < -0.39 is 7.82 Å². The Hall–Kier alpha value is -1.00. The SMILES string of the molecule is COP(=O)(OC)OCC(=O)Cc1ccccc1. The van der Waals surface area contributed by atoms with Crippen molar-refractivity contribution in [1.82, 2.24) is 0 Å². The molecule has 0 spiro atoms. The molecule has 0 heterocycles. The van der Waals surface area contributed by atoms with E-state index in [1.807, 2.05) is 30.3 Å². The summed E-state index contributed by atoms with van der Waals surface area (Å²) in [5.74, 6) is -0.189. The fraction of sp³-hybridized carbons (Fsp3) is 0.364. The Kier molecular flexibility index (Phi) is 5.51. The van der Waals surface area contributed by atoms with Crippen molar-refractivity contribution in [2.24, 2.45) is 0 Å². The van der Waals surface area contributed by atoms with E-state index in [1.165, 1.54) is 14.2 Å². The molecule has 0 N–H and O–H groups in total. The predicted molar refractivity (Wildman–Crippen MR) is 62.7 cm³/mol. The lowest BCUT2D eigenvalue weighted by Gasteiger charge is -2.12. The second kappa shape index (κ2) is 6.67. The lowest BCUT2D eigenvalue weighted by Crippen LogP contribution is -2.11. The zero-order valence-electron chi connectivity index (χ0n) is 9.79. The van der Waals surface area contributed by atoms with Crippen LogP contribution in [0.15, 0.2) is 30.3 Å². The number of phosphoric acid groups is 1. The Balaban J connectivity index is 2.43. The van der Waals surface area contributed by atoms with Crippen molar-refractivity contribution in [1.29, 1.82) is 0 Å². The van der Waals surface area contributed by atoms with Crippen LogP contribution in [-0.2, 0) is 29.4 Å². The quantitative estimate of drug-likeness (QED) is 0.702. The van der Waals surface area contributed by atoms with E-state index in [9.17, 15) is 9.36 Å². The molecule has 0 unspecified atom stereocenters. The van der Waals surface area contributed by atoms with E-state index >= 15 is 0 Å². The Morgan fingerprint density at radius 1 is 1.18 bits per heavy atom. The van der Waals surface area contributed by atoms with Crippen molar-refractivity contribution in [3.8, 4) is 0 Å². The molecule has 0 aliphatic carbocycles. The third-order valence-corrected chi connectivity index (χ3v) is 3.41. The van der Waals surface area contributed by atoms with Crippen LogP contribution >= 0.6 is 7.82 Å². The highest BCUT2D eigenvalue weighted by Crippen LogP contribution is 2.47. The average molecular weight is 258 g/mol. The Morgan fingerprint density at radius 3 is 2.29 bits per heavy atom. The van der Waals surface area contributed by atoms with Crippen LogP contribution in [0.2, 0.25) is 0 Å². The maximum Gasteiger partial charge on any atom is 0.474 e. The molecule has 0 fully saturated rings. The van der Waals surface area contributed by atoms with Crippen molar-refractivity contribution in [2.45, 2.75) is 6.42 Å². The molecule has 1 aromatic carbocycles. The predicted octanol–water partition coefficient (Wildman–Crippen LogP) is 2.22. The van der Waals surface area contributed by atoms with Crippen LogP contribution in [0.25, 0.3) is 0 Å². The Bertz CT molecular complexity index is 396. The summed E-state index contributed by atoms with van der Waals surface area (Å²) in [6.45, 7) is -0.298. The summed E-state index contributed by atoms with van der Waals surface area (Å²) >= 11 is 0. The maximum absolute atomic E-state index is 11.5. The normalized spacial score (nSPS) is 11.4. The molecule has 6 heteroatoms. The van der Waals surface area contributed by atoms with Crippen LogP contribution in [0.4, 0.5) is 0 Å². The van der Waals surface area contributed by atoms with E-state index in [4.69, 9.17) is 4.52 Å². The van der Waals surface area contributed by atoms with Crippen molar-refractivity contribution in [3.63, 3.8) is 0 Å². The van der Waals surface area contributed by atoms with E-state index in [2.05, 4.69) is 9.05 Å².